The number of hydrogen-bond donors (Lipinski definition) is 13. The maximum absolute atomic E-state index is 13.2. The number of hydrogen-bond acceptors (Lipinski definition) is 19. The van der Waals surface area contributed by atoms with E-state index in [4.69, 9.17) is 16.9 Å². The molecule has 31 heteroatoms. The molecule has 5 atom stereocenters. The SMILES string of the molecule is C#CCN(Cc1ccc2nc(N)[nH]c(=O)c2c1)c1ccc(C(=O)N[C@@H](CCC(=O)OCCSSCCC(=O)NC(CC(=O)O)C(=O)N[C@@H](CC(=O)O)C(=O)NC(CC(=O)O)C(=O)NC(CNC(=O)CC)C(=O)O)C(=O)O)cc1. The molecule has 0 fully saturated rings. The molecule has 0 aliphatic carbocycles. The number of aliphatic carboxylic acids is 5. The summed E-state index contributed by atoms with van der Waals surface area (Å²) < 4.78 is 5.15. The predicted molar refractivity (Wildman–Crippen MR) is 277 cm³/mol. The van der Waals surface area contributed by atoms with E-state index in [0.29, 0.717) is 16.6 Å². The van der Waals surface area contributed by atoms with Gasteiger partial charge in [0.1, 0.15) is 36.8 Å². The topological polar surface area (TPSA) is 462 Å². The van der Waals surface area contributed by atoms with Crippen LogP contribution in [0.15, 0.2) is 47.3 Å². The molecule has 0 saturated carbocycles. The van der Waals surface area contributed by atoms with Crippen molar-refractivity contribution in [2.45, 2.75) is 88.6 Å². The van der Waals surface area contributed by atoms with Gasteiger partial charge in [-0.05, 0) is 48.4 Å². The van der Waals surface area contributed by atoms with Gasteiger partial charge in [-0.3, -0.25) is 57.7 Å². The number of carbonyl (C=O) groups is 12. The maximum atomic E-state index is 13.2. The first-order valence-electron chi connectivity index (χ1n) is 23.3. The number of nitrogens with two attached hydrogens (primary N) is 1. The van der Waals surface area contributed by atoms with Gasteiger partial charge < -0.3 is 72.8 Å². The smallest absolute Gasteiger partial charge is 0.328 e. The Morgan fingerprint density at radius 3 is 1.81 bits per heavy atom. The number of benzene rings is 2. The molecule has 0 aliphatic heterocycles. The summed E-state index contributed by atoms with van der Waals surface area (Å²) in [5.41, 5.74) is 7.10. The summed E-state index contributed by atoms with van der Waals surface area (Å²) in [6.07, 6.45) is 1.14. The number of carboxylic acids is 5. The Morgan fingerprint density at radius 2 is 1.27 bits per heavy atom. The summed E-state index contributed by atoms with van der Waals surface area (Å²) >= 11 is 0. The van der Waals surface area contributed by atoms with E-state index < -0.39 is 133 Å². The molecule has 0 aliphatic rings. The second-order valence-electron chi connectivity index (χ2n) is 16.5. The van der Waals surface area contributed by atoms with E-state index in [2.05, 4.69) is 31.8 Å². The molecule has 1 heterocycles. The molecule has 3 aromatic rings. The lowest BCUT2D eigenvalue weighted by Crippen LogP contribution is -2.59. The van der Waals surface area contributed by atoms with Crippen LogP contribution in [0.4, 0.5) is 11.6 Å². The third-order valence-electron chi connectivity index (χ3n) is 10.6. The van der Waals surface area contributed by atoms with Gasteiger partial charge in [-0.2, -0.15) is 0 Å². The van der Waals surface area contributed by atoms with Crippen LogP contribution in [0.25, 0.3) is 10.9 Å². The molecule has 2 aromatic carbocycles. The predicted octanol–water partition coefficient (Wildman–Crippen LogP) is -1.60. The molecule has 0 radical (unpaired) electrons. The fourth-order valence-corrected chi connectivity index (χ4v) is 8.56. The number of terminal acetylenes is 1. The van der Waals surface area contributed by atoms with Gasteiger partial charge >= 0.3 is 35.8 Å². The van der Waals surface area contributed by atoms with Crippen LogP contribution in [0.2, 0.25) is 0 Å². The molecule has 1 aromatic heterocycles. The van der Waals surface area contributed by atoms with E-state index in [9.17, 15) is 87.9 Å². The number of rotatable bonds is 34. The minimum Gasteiger partial charge on any atom is -0.481 e. The van der Waals surface area contributed by atoms with Gasteiger partial charge in [0.05, 0.1) is 36.7 Å². The number of aromatic amines is 1. The van der Waals surface area contributed by atoms with E-state index in [-0.39, 0.29) is 68.4 Å². The average Bonchev–Trinajstić information content (AvgIpc) is 3.37. The van der Waals surface area contributed by atoms with E-state index in [0.717, 1.165) is 27.2 Å². The van der Waals surface area contributed by atoms with Crippen LogP contribution in [0.5, 0.6) is 0 Å². The van der Waals surface area contributed by atoms with Crippen LogP contribution in [0.3, 0.4) is 0 Å². The Kier molecular flexibility index (Phi) is 25.9. The zero-order valence-electron chi connectivity index (χ0n) is 41.4. The van der Waals surface area contributed by atoms with Crippen LogP contribution in [0.1, 0.15) is 67.8 Å². The van der Waals surface area contributed by atoms with Crippen molar-refractivity contribution in [2.75, 3.05) is 41.8 Å². The Balaban J connectivity index is 1.46. The molecule has 78 heavy (non-hydrogen) atoms. The van der Waals surface area contributed by atoms with Crippen LogP contribution >= 0.6 is 21.6 Å². The van der Waals surface area contributed by atoms with Crippen molar-refractivity contribution in [1.82, 2.24) is 41.9 Å². The third kappa shape index (κ3) is 22.1. The fourth-order valence-electron chi connectivity index (χ4n) is 6.75. The fraction of sp³-hybridized carbons (Fsp3) is 0.404. The van der Waals surface area contributed by atoms with Crippen molar-refractivity contribution in [3.05, 3.63) is 63.9 Å². The number of amides is 6. The quantitative estimate of drug-likeness (QED) is 0.0139. The molecule has 3 rings (SSSR count). The molecule has 0 spiro atoms. The molecule has 14 N–H and O–H groups in total. The zero-order chi connectivity index (χ0) is 58.1. The second kappa shape index (κ2) is 31.8. The summed E-state index contributed by atoms with van der Waals surface area (Å²) in [6.45, 7) is 1.13. The number of nitrogen functional groups attached to an aromatic ring is 1. The standard InChI is InChI=1S/C47H56N10O19S2/c1-3-14-57(23-24-5-10-28-27(18-24)41(68)56-47(48)55-28)26-8-6-25(7-9-26)40(67)51-29(45(72)73)11-12-39(66)76-15-17-78-77-16-13-35(59)50-30(19-36(60)61)42(69)52-31(20-37(62)63)43(70)53-32(21-38(64)65)44(71)54-33(46(74)75)22-49-34(58)4-2/h1,5-10,18,29-33H,4,11-17,19-23H2,2H3,(H,49,58)(H,50,59)(H,51,67)(H,52,69)(H,53,70)(H,54,71)(H,60,61)(H,62,63)(H,64,65)(H,72,73)(H,74,75)(H3,48,55,56,68)/t29-,30?,31-,32?,33?/m0/s1. The number of ether oxygens (including phenoxy) is 1. The van der Waals surface area contributed by atoms with Crippen molar-refractivity contribution < 1.29 is 87.8 Å². The Labute approximate surface area is 450 Å². The van der Waals surface area contributed by atoms with Crippen molar-refractivity contribution >= 4 is 115 Å². The number of fused-ring (bicyclic) bond motifs is 1. The minimum absolute atomic E-state index is 0.0195. The van der Waals surface area contributed by atoms with Gasteiger partial charge in [-0.1, -0.05) is 40.5 Å². The lowest BCUT2D eigenvalue weighted by molar-refractivity contribution is -0.145. The number of carbonyl (C=O) groups excluding carboxylic acids is 7. The molecule has 29 nitrogen and oxygen atoms in total. The van der Waals surface area contributed by atoms with E-state index in [1.54, 1.807) is 35.2 Å². The number of nitrogens with one attached hydrogen (secondary N) is 7. The zero-order valence-corrected chi connectivity index (χ0v) is 43.1. The highest BCUT2D eigenvalue weighted by atomic mass is 33.1. The minimum atomic E-state index is -2.09. The summed E-state index contributed by atoms with van der Waals surface area (Å²) in [5, 5.41) is 60.3. The monoisotopic (exact) mass is 1130 g/mol. The number of H-pyrrole nitrogens is 1. The molecule has 3 unspecified atom stereocenters. The summed E-state index contributed by atoms with van der Waals surface area (Å²) in [6, 6.07) is 1.93. The van der Waals surface area contributed by atoms with Gasteiger partial charge in [0.25, 0.3) is 11.5 Å². The maximum Gasteiger partial charge on any atom is 0.328 e. The van der Waals surface area contributed by atoms with Crippen LogP contribution in [-0.4, -0.2) is 168 Å². The van der Waals surface area contributed by atoms with Gasteiger partial charge in [0, 0.05) is 55.1 Å². The van der Waals surface area contributed by atoms with Crippen molar-refractivity contribution in [1.29, 1.82) is 0 Å². The second-order valence-corrected chi connectivity index (χ2v) is 19.2. The third-order valence-corrected chi connectivity index (χ3v) is 13.0. The summed E-state index contributed by atoms with van der Waals surface area (Å²) in [7, 11) is 2.25. The number of esters is 1. The Hall–Kier alpha value is -8.92. The number of carboxylic acid groups (broad SMARTS) is 5. The number of aromatic nitrogens is 2. The number of nitrogens with zero attached hydrogens (tertiary/aromatic N) is 2. The summed E-state index contributed by atoms with van der Waals surface area (Å²) in [4.78, 5) is 168. The lowest BCUT2D eigenvalue weighted by atomic mass is 10.1. The summed E-state index contributed by atoms with van der Waals surface area (Å²) in [5.74, 6) is -12.4. The Bertz CT molecular complexity index is 2830. The first-order chi connectivity index (χ1) is 36.9. The molecule has 420 valence electrons. The van der Waals surface area contributed by atoms with Gasteiger partial charge in [0.15, 0.2) is 0 Å². The largest absolute Gasteiger partial charge is 0.481 e. The highest BCUT2D eigenvalue weighted by Gasteiger charge is 2.34. The molecular weight excluding hydrogens is 1070 g/mol. The highest BCUT2D eigenvalue weighted by molar-refractivity contribution is 8.76. The highest BCUT2D eigenvalue weighted by Crippen LogP contribution is 2.22. The van der Waals surface area contributed by atoms with E-state index in [1.807, 2.05) is 16.0 Å². The van der Waals surface area contributed by atoms with Crippen LogP contribution in [-0.2, 0) is 64.0 Å². The van der Waals surface area contributed by atoms with Crippen molar-refractivity contribution in [3.8, 4) is 12.3 Å². The van der Waals surface area contributed by atoms with Crippen LogP contribution in [0, 0.1) is 12.3 Å². The van der Waals surface area contributed by atoms with Crippen molar-refractivity contribution in [2.24, 2.45) is 0 Å². The van der Waals surface area contributed by atoms with Gasteiger partial charge in [-0.25, -0.2) is 14.6 Å². The van der Waals surface area contributed by atoms with E-state index >= 15 is 0 Å². The van der Waals surface area contributed by atoms with Gasteiger partial charge in [0.2, 0.25) is 35.5 Å². The lowest BCUT2D eigenvalue weighted by Gasteiger charge is -2.24. The van der Waals surface area contributed by atoms with Gasteiger partial charge in [-0.15, -0.1) is 6.42 Å². The molecule has 0 bridgehead atoms. The van der Waals surface area contributed by atoms with E-state index in [1.165, 1.54) is 19.1 Å². The van der Waals surface area contributed by atoms with Crippen LogP contribution < -0.4 is 48.1 Å². The average molecular weight is 1130 g/mol. The van der Waals surface area contributed by atoms with Crippen molar-refractivity contribution in [3.63, 3.8) is 0 Å². The normalized spacial score (nSPS) is 12.6. The Morgan fingerprint density at radius 1 is 0.718 bits per heavy atom. The molecule has 6 amide bonds. The molecule has 0 saturated heterocycles. The first-order valence-corrected chi connectivity index (χ1v) is 25.8. The first kappa shape index (κ1) is 63.4. The molecular formula is C47H56N10O19S2. The number of anilines is 2.